The first kappa shape index (κ1) is 16.2. The van der Waals surface area contributed by atoms with Gasteiger partial charge in [-0.3, -0.25) is 9.78 Å². The third kappa shape index (κ3) is 3.29. The van der Waals surface area contributed by atoms with Gasteiger partial charge in [0.05, 0.1) is 34.5 Å². The second kappa shape index (κ2) is 6.93. The highest BCUT2D eigenvalue weighted by molar-refractivity contribution is 9.10. The average molecular weight is 416 g/mol. The number of halogens is 1. The molecule has 0 aliphatic carbocycles. The molecular formula is C18H14BrN3O2S. The minimum atomic E-state index is 0.0144. The predicted molar refractivity (Wildman–Crippen MR) is 101 cm³/mol. The summed E-state index contributed by atoms with van der Waals surface area (Å²) in [7, 11) is 0. The van der Waals surface area contributed by atoms with Gasteiger partial charge in [-0.1, -0.05) is 12.1 Å². The van der Waals surface area contributed by atoms with Crippen LogP contribution < -0.4 is 9.64 Å². The molecule has 0 unspecified atom stereocenters. The minimum Gasteiger partial charge on any atom is -0.488 e. The van der Waals surface area contributed by atoms with Crippen molar-refractivity contribution in [3.8, 4) is 16.5 Å². The molecule has 0 N–H and O–H groups in total. The molecule has 126 valence electrons. The molecule has 1 amide bonds. The Morgan fingerprint density at radius 2 is 2.20 bits per heavy atom. The van der Waals surface area contributed by atoms with E-state index < -0.39 is 0 Å². The maximum absolute atomic E-state index is 12.8. The predicted octanol–water partition coefficient (Wildman–Crippen LogP) is 3.94. The normalized spacial score (nSPS) is 13.2. The summed E-state index contributed by atoms with van der Waals surface area (Å²) in [5, 5.41) is 2.75. The molecule has 0 bridgehead atoms. The summed E-state index contributed by atoms with van der Waals surface area (Å²) in [6, 6.07) is 11.4. The molecule has 2 aromatic heterocycles. The first-order valence-corrected chi connectivity index (χ1v) is 9.47. The van der Waals surface area contributed by atoms with E-state index in [4.69, 9.17) is 4.74 Å². The van der Waals surface area contributed by atoms with Crippen LogP contribution in [0.3, 0.4) is 0 Å². The molecule has 0 saturated heterocycles. The van der Waals surface area contributed by atoms with Crippen LogP contribution in [0.4, 0.5) is 5.69 Å². The number of anilines is 1. The number of aromatic nitrogens is 2. The number of rotatable bonds is 3. The average Bonchev–Trinajstić information content (AvgIpc) is 3.11. The Kier molecular flexibility index (Phi) is 4.50. The van der Waals surface area contributed by atoms with E-state index in [1.165, 1.54) is 11.3 Å². The zero-order valence-electron chi connectivity index (χ0n) is 13.2. The third-order valence-corrected chi connectivity index (χ3v) is 5.41. The smallest absolute Gasteiger partial charge is 0.233 e. The molecular weight excluding hydrogens is 402 g/mol. The molecule has 0 atom stereocenters. The van der Waals surface area contributed by atoms with E-state index >= 15 is 0 Å². The van der Waals surface area contributed by atoms with Gasteiger partial charge in [0.1, 0.15) is 11.6 Å². The van der Waals surface area contributed by atoms with Crippen LogP contribution in [0.15, 0.2) is 52.4 Å². The highest BCUT2D eigenvalue weighted by Crippen LogP contribution is 2.38. The van der Waals surface area contributed by atoms with E-state index in [2.05, 4.69) is 25.9 Å². The van der Waals surface area contributed by atoms with Gasteiger partial charge >= 0.3 is 0 Å². The summed E-state index contributed by atoms with van der Waals surface area (Å²) in [6.45, 7) is 1.02. The maximum Gasteiger partial charge on any atom is 0.233 e. The molecule has 25 heavy (non-hydrogen) atoms. The van der Waals surface area contributed by atoms with Crippen LogP contribution in [0.5, 0.6) is 5.75 Å². The van der Waals surface area contributed by atoms with Crippen LogP contribution >= 0.6 is 27.3 Å². The van der Waals surface area contributed by atoms with Crippen molar-refractivity contribution in [2.45, 2.75) is 6.42 Å². The molecule has 0 spiro atoms. The number of para-hydroxylation sites is 1. The van der Waals surface area contributed by atoms with Gasteiger partial charge in [0.15, 0.2) is 5.75 Å². The number of pyridine rings is 1. The first-order chi connectivity index (χ1) is 12.2. The molecule has 3 aromatic rings. The van der Waals surface area contributed by atoms with Crippen molar-refractivity contribution < 1.29 is 9.53 Å². The number of fused-ring (bicyclic) bond motifs is 1. The zero-order valence-corrected chi connectivity index (χ0v) is 15.6. The Bertz CT molecular complexity index is 914. The fourth-order valence-corrected chi connectivity index (χ4v) is 3.98. The van der Waals surface area contributed by atoms with Crippen LogP contribution in [-0.4, -0.2) is 29.0 Å². The standard InChI is InChI=1S/C18H14BrN3O2S/c19-13-4-3-6-15-17(13)24-9-8-22(15)16(23)10-12-11-25-18(21-12)14-5-1-2-7-20-14/h1-7,11H,8-10H2. The first-order valence-electron chi connectivity index (χ1n) is 7.80. The number of hydrogen-bond donors (Lipinski definition) is 0. The summed E-state index contributed by atoms with van der Waals surface area (Å²) >= 11 is 4.98. The van der Waals surface area contributed by atoms with Crippen LogP contribution in [0.25, 0.3) is 10.7 Å². The SMILES string of the molecule is O=C(Cc1csc(-c2ccccn2)n1)N1CCOc2c(Br)cccc21. The lowest BCUT2D eigenvalue weighted by molar-refractivity contribution is -0.118. The molecule has 0 saturated carbocycles. The number of benzene rings is 1. The Morgan fingerprint density at radius 3 is 3.04 bits per heavy atom. The van der Waals surface area contributed by atoms with Crippen LogP contribution in [0.2, 0.25) is 0 Å². The van der Waals surface area contributed by atoms with Gasteiger partial charge in [0.2, 0.25) is 5.91 Å². The van der Waals surface area contributed by atoms with Crippen LogP contribution in [-0.2, 0) is 11.2 Å². The van der Waals surface area contributed by atoms with E-state index in [9.17, 15) is 4.79 Å². The Balaban J connectivity index is 1.54. The highest BCUT2D eigenvalue weighted by atomic mass is 79.9. The number of hydrogen-bond acceptors (Lipinski definition) is 5. The van der Waals surface area contributed by atoms with Gasteiger partial charge < -0.3 is 9.64 Å². The van der Waals surface area contributed by atoms with E-state index in [0.717, 1.165) is 32.3 Å². The summed E-state index contributed by atoms with van der Waals surface area (Å²) < 4.78 is 6.54. The Hall–Kier alpha value is -2.25. The summed E-state index contributed by atoms with van der Waals surface area (Å²) in [5.41, 5.74) is 2.39. The van der Waals surface area contributed by atoms with Gasteiger partial charge in [-0.2, -0.15) is 0 Å². The van der Waals surface area contributed by atoms with Crippen molar-refractivity contribution in [2.24, 2.45) is 0 Å². The van der Waals surface area contributed by atoms with Crippen molar-refractivity contribution in [1.82, 2.24) is 9.97 Å². The largest absolute Gasteiger partial charge is 0.488 e. The monoisotopic (exact) mass is 415 g/mol. The molecule has 1 aromatic carbocycles. The second-order valence-corrected chi connectivity index (χ2v) is 7.23. The summed E-state index contributed by atoms with van der Waals surface area (Å²) in [5.74, 6) is 0.732. The Morgan fingerprint density at radius 1 is 1.28 bits per heavy atom. The number of ether oxygens (including phenoxy) is 1. The van der Waals surface area contributed by atoms with Crippen molar-refractivity contribution in [3.63, 3.8) is 0 Å². The van der Waals surface area contributed by atoms with Crippen molar-refractivity contribution in [2.75, 3.05) is 18.1 Å². The Labute approximate surface area is 157 Å². The second-order valence-electron chi connectivity index (χ2n) is 5.52. The quantitative estimate of drug-likeness (QED) is 0.649. The fraction of sp³-hybridized carbons (Fsp3) is 0.167. The maximum atomic E-state index is 12.8. The number of amides is 1. The van der Waals surface area contributed by atoms with Gasteiger partial charge in [-0.15, -0.1) is 11.3 Å². The van der Waals surface area contributed by atoms with Crippen molar-refractivity contribution in [1.29, 1.82) is 0 Å². The molecule has 3 heterocycles. The van der Waals surface area contributed by atoms with Gasteiger partial charge in [0.25, 0.3) is 0 Å². The number of thiazole rings is 1. The lowest BCUT2D eigenvalue weighted by Crippen LogP contribution is -2.39. The van der Waals surface area contributed by atoms with E-state index in [1.807, 2.05) is 41.8 Å². The molecule has 1 aliphatic heterocycles. The van der Waals surface area contributed by atoms with Gasteiger partial charge in [-0.05, 0) is 40.2 Å². The number of nitrogens with zero attached hydrogens (tertiary/aromatic N) is 3. The van der Waals surface area contributed by atoms with Gasteiger partial charge in [-0.25, -0.2) is 4.98 Å². The van der Waals surface area contributed by atoms with Crippen LogP contribution in [0.1, 0.15) is 5.69 Å². The lowest BCUT2D eigenvalue weighted by Gasteiger charge is -2.30. The molecule has 5 nitrogen and oxygen atoms in total. The summed E-state index contributed by atoms with van der Waals surface area (Å²) in [6.07, 6.45) is 2.00. The molecule has 0 radical (unpaired) electrons. The molecule has 0 fully saturated rings. The van der Waals surface area contributed by atoms with E-state index in [0.29, 0.717) is 13.2 Å². The molecule has 4 rings (SSSR count). The van der Waals surface area contributed by atoms with Gasteiger partial charge in [0, 0.05) is 11.6 Å². The van der Waals surface area contributed by atoms with E-state index in [1.54, 1.807) is 11.1 Å². The lowest BCUT2D eigenvalue weighted by atomic mass is 10.2. The van der Waals surface area contributed by atoms with Crippen molar-refractivity contribution >= 4 is 38.9 Å². The van der Waals surface area contributed by atoms with E-state index in [-0.39, 0.29) is 12.3 Å². The molecule has 1 aliphatic rings. The summed E-state index contributed by atoms with van der Waals surface area (Å²) in [4.78, 5) is 23.4. The molecule has 7 heteroatoms. The fourth-order valence-electron chi connectivity index (χ4n) is 2.72. The third-order valence-electron chi connectivity index (χ3n) is 3.87. The topological polar surface area (TPSA) is 55.3 Å². The highest BCUT2D eigenvalue weighted by Gasteiger charge is 2.25. The van der Waals surface area contributed by atoms with Crippen molar-refractivity contribution in [3.05, 3.63) is 58.1 Å². The zero-order chi connectivity index (χ0) is 17.2. The number of carbonyl (C=O) groups excluding carboxylic acids is 1. The number of carbonyl (C=O) groups is 1. The van der Waals surface area contributed by atoms with Crippen LogP contribution in [0, 0.1) is 0 Å². The minimum absolute atomic E-state index is 0.0144.